The summed E-state index contributed by atoms with van der Waals surface area (Å²) in [5.74, 6) is -0.533. The Bertz CT molecular complexity index is 1060. The number of benzene rings is 1. The van der Waals surface area contributed by atoms with E-state index in [0.29, 0.717) is 29.3 Å². The average Bonchev–Trinajstić information content (AvgIpc) is 3.11. The maximum absolute atomic E-state index is 12.8. The second-order valence-corrected chi connectivity index (χ2v) is 7.37. The monoisotopic (exact) mass is 423 g/mol. The maximum atomic E-state index is 12.8. The summed E-state index contributed by atoms with van der Waals surface area (Å²) in [6.45, 7) is 1.37. The molecule has 1 aromatic carbocycles. The highest BCUT2D eigenvalue weighted by atomic mass is 35.5. The van der Waals surface area contributed by atoms with Gasteiger partial charge in [0.25, 0.3) is 0 Å². The number of Topliss-reactive ketones (excluding diaryl/α,β-unsaturated/α-hetero) is 1. The van der Waals surface area contributed by atoms with E-state index in [4.69, 9.17) is 16.3 Å². The van der Waals surface area contributed by atoms with Crippen molar-refractivity contribution in [3.8, 4) is 0 Å². The largest absolute Gasteiger partial charge is 0.433 e. The SMILES string of the molecule is O=C(Cc1cc2cn(C3CCOCC3)nc2cc1Cl)c1cccc(C(F)(F)F)n1. The van der Waals surface area contributed by atoms with Gasteiger partial charge in [-0.25, -0.2) is 4.98 Å². The van der Waals surface area contributed by atoms with Gasteiger partial charge in [-0.05, 0) is 42.7 Å². The van der Waals surface area contributed by atoms with Crippen molar-refractivity contribution in [2.75, 3.05) is 13.2 Å². The Morgan fingerprint density at radius 1 is 1.24 bits per heavy atom. The highest BCUT2D eigenvalue weighted by molar-refractivity contribution is 6.32. The Hall–Kier alpha value is -2.45. The molecule has 5 nitrogen and oxygen atoms in total. The summed E-state index contributed by atoms with van der Waals surface area (Å²) in [6, 6.07) is 6.95. The lowest BCUT2D eigenvalue weighted by atomic mass is 10.0. The summed E-state index contributed by atoms with van der Waals surface area (Å²) in [7, 11) is 0. The van der Waals surface area contributed by atoms with Gasteiger partial charge in [-0.2, -0.15) is 18.3 Å². The Labute approximate surface area is 169 Å². The number of hydrogen-bond acceptors (Lipinski definition) is 4. The highest BCUT2D eigenvalue weighted by Gasteiger charge is 2.33. The average molecular weight is 424 g/mol. The Kier molecular flexibility index (Phi) is 5.31. The van der Waals surface area contributed by atoms with Crippen LogP contribution in [-0.2, 0) is 17.3 Å². The zero-order valence-electron chi connectivity index (χ0n) is 15.2. The summed E-state index contributed by atoms with van der Waals surface area (Å²) >= 11 is 6.31. The van der Waals surface area contributed by atoms with Gasteiger partial charge in [-0.1, -0.05) is 17.7 Å². The molecule has 0 N–H and O–H groups in total. The third-order valence-electron chi connectivity index (χ3n) is 4.93. The molecule has 0 aliphatic carbocycles. The van der Waals surface area contributed by atoms with Crippen LogP contribution in [0.15, 0.2) is 36.5 Å². The normalized spacial score (nSPS) is 15.7. The number of carbonyl (C=O) groups excluding carboxylic acids is 1. The van der Waals surface area contributed by atoms with E-state index in [0.717, 1.165) is 24.3 Å². The fourth-order valence-electron chi connectivity index (χ4n) is 3.40. The lowest BCUT2D eigenvalue weighted by Crippen LogP contribution is -2.19. The van der Waals surface area contributed by atoms with Gasteiger partial charge in [0, 0.05) is 36.2 Å². The molecule has 0 atom stereocenters. The van der Waals surface area contributed by atoms with Crippen LogP contribution in [0.1, 0.15) is 40.6 Å². The summed E-state index contributed by atoms with van der Waals surface area (Å²) in [6.07, 6.45) is -1.11. The molecule has 0 amide bonds. The molecule has 3 aromatic rings. The smallest absolute Gasteiger partial charge is 0.381 e. The molecule has 1 saturated heterocycles. The Balaban J connectivity index is 1.59. The van der Waals surface area contributed by atoms with Gasteiger partial charge < -0.3 is 4.74 Å². The third-order valence-corrected chi connectivity index (χ3v) is 5.28. The molecule has 9 heteroatoms. The fourth-order valence-corrected chi connectivity index (χ4v) is 3.62. The van der Waals surface area contributed by atoms with E-state index >= 15 is 0 Å². The zero-order valence-corrected chi connectivity index (χ0v) is 16.0. The summed E-state index contributed by atoms with van der Waals surface area (Å²) < 4.78 is 45.8. The van der Waals surface area contributed by atoms with Crippen molar-refractivity contribution in [3.05, 3.63) is 58.5 Å². The second-order valence-electron chi connectivity index (χ2n) is 6.96. The molecule has 1 fully saturated rings. The van der Waals surface area contributed by atoms with Gasteiger partial charge in [0.15, 0.2) is 5.78 Å². The number of halogens is 4. The standard InChI is InChI=1S/C20H17ClF3N3O2/c21-15-10-17-13(11-27(26-17)14-4-6-29-7-5-14)8-12(15)9-18(28)16-2-1-3-19(25-16)20(22,23)24/h1-3,8,10-11,14H,4-7,9H2. The van der Waals surface area contributed by atoms with Crippen LogP contribution in [-0.4, -0.2) is 33.8 Å². The number of rotatable bonds is 4. The van der Waals surface area contributed by atoms with Crippen molar-refractivity contribution in [3.63, 3.8) is 0 Å². The molecule has 0 saturated carbocycles. The van der Waals surface area contributed by atoms with Gasteiger partial charge in [0.05, 0.1) is 11.6 Å². The van der Waals surface area contributed by atoms with Crippen molar-refractivity contribution >= 4 is 28.3 Å². The van der Waals surface area contributed by atoms with Crippen LogP contribution in [0, 0.1) is 0 Å². The number of fused-ring (bicyclic) bond motifs is 1. The quantitative estimate of drug-likeness (QED) is 0.561. The number of hydrogen-bond donors (Lipinski definition) is 0. The number of aromatic nitrogens is 3. The molecular weight excluding hydrogens is 407 g/mol. The zero-order chi connectivity index (χ0) is 20.6. The number of carbonyl (C=O) groups is 1. The molecule has 0 unspecified atom stereocenters. The topological polar surface area (TPSA) is 57.0 Å². The van der Waals surface area contributed by atoms with Gasteiger partial charge in [0.2, 0.25) is 0 Å². The summed E-state index contributed by atoms with van der Waals surface area (Å²) in [5.41, 5.74) is -0.110. The molecule has 0 bridgehead atoms. The van der Waals surface area contributed by atoms with Gasteiger partial charge in [0.1, 0.15) is 11.4 Å². The van der Waals surface area contributed by atoms with E-state index in [1.165, 1.54) is 12.1 Å². The second kappa shape index (κ2) is 7.76. The van der Waals surface area contributed by atoms with Crippen LogP contribution in [0.5, 0.6) is 0 Å². The van der Waals surface area contributed by atoms with Crippen molar-refractivity contribution < 1.29 is 22.7 Å². The van der Waals surface area contributed by atoms with E-state index in [-0.39, 0.29) is 18.2 Å². The number of ether oxygens (including phenoxy) is 1. The van der Waals surface area contributed by atoms with Crippen molar-refractivity contribution in [1.29, 1.82) is 0 Å². The first-order valence-electron chi connectivity index (χ1n) is 9.14. The van der Waals surface area contributed by atoms with E-state index in [2.05, 4.69) is 10.1 Å². The first kappa shape index (κ1) is 19.8. The van der Waals surface area contributed by atoms with E-state index in [1.54, 1.807) is 12.1 Å². The van der Waals surface area contributed by atoms with Gasteiger partial charge >= 0.3 is 6.18 Å². The molecule has 0 radical (unpaired) electrons. The Morgan fingerprint density at radius 3 is 2.72 bits per heavy atom. The first-order valence-corrected chi connectivity index (χ1v) is 9.51. The molecular formula is C20H17ClF3N3O2. The predicted molar refractivity (Wildman–Crippen MR) is 101 cm³/mol. The predicted octanol–water partition coefficient (Wildman–Crippen LogP) is 4.88. The van der Waals surface area contributed by atoms with Gasteiger partial charge in [-0.3, -0.25) is 9.48 Å². The first-order chi connectivity index (χ1) is 13.8. The minimum Gasteiger partial charge on any atom is -0.381 e. The van der Waals surface area contributed by atoms with Crippen LogP contribution in [0.25, 0.3) is 10.9 Å². The Morgan fingerprint density at radius 2 is 2.00 bits per heavy atom. The molecule has 1 aliphatic heterocycles. The molecule has 29 heavy (non-hydrogen) atoms. The van der Waals surface area contributed by atoms with E-state index in [9.17, 15) is 18.0 Å². The summed E-state index contributed by atoms with van der Waals surface area (Å²) in [4.78, 5) is 16.0. The summed E-state index contributed by atoms with van der Waals surface area (Å²) in [5, 5.41) is 5.73. The number of alkyl halides is 3. The molecule has 2 aromatic heterocycles. The van der Waals surface area contributed by atoms with Crippen molar-refractivity contribution in [2.24, 2.45) is 0 Å². The molecule has 152 valence electrons. The molecule has 0 spiro atoms. The third kappa shape index (κ3) is 4.28. The highest BCUT2D eigenvalue weighted by Crippen LogP contribution is 2.29. The molecule has 3 heterocycles. The minimum absolute atomic E-state index is 0.147. The number of pyridine rings is 1. The maximum Gasteiger partial charge on any atom is 0.433 e. The van der Waals surface area contributed by atoms with Crippen LogP contribution in [0.2, 0.25) is 5.02 Å². The molecule has 4 rings (SSSR count). The van der Waals surface area contributed by atoms with Crippen LogP contribution in [0.3, 0.4) is 0 Å². The van der Waals surface area contributed by atoms with Crippen LogP contribution < -0.4 is 0 Å². The fraction of sp³-hybridized carbons (Fsp3) is 0.350. The van der Waals surface area contributed by atoms with E-state index in [1.807, 2.05) is 10.9 Å². The van der Waals surface area contributed by atoms with Crippen molar-refractivity contribution in [1.82, 2.24) is 14.8 Å². The molecule has 1 aliphatic rings. The van der Waals surface area contributed by atoms with Gasteiger partial charge in [-0.15, -0.1) is 0 Å². The van der Waals surface area contributed by atoms with E-state index < -0.39 is 17.7 Å². The number of nitrogens with zero attached hydrogens (tertiary/aromatic N) is 3. The lowest BCUT2D eigenvalue weighted by Gasteiger charge is -2.22. The lowest BCUT2D eigenvalue weighted by molar-refractivity contribution is -0.141. The van der Waals surface area contributed by atoms with Crippen LogP contribution in [0.4, 0.5) is 13.2 Å². The number of ketones is 1. The van der Waals surface area contributed by atoms with Crippen molar-refractivity contribution in [2.45, 2.75) is 31.5 Å². The van der Waals surface area contributed by atoms with Crippen LogP contribution >= 0.6 is 11.6 Å². The minimum atomic E-state index is -4.61.